The minimum absolute atomic E-state index is 0.0602. The van der Waals surface area contributed by atoms with E-state index in [2.05, 4.69) is 10.2 Å². The van der Waals surface area contributed by atoms with Gasteiger partial charge in [-0.15, -0.1) is 0 Å². The maximum atomic E-state index is 12.0. The molecule has 4 heterocycles. The van der Waals surface area contributed by atoms with Gasteiger partial charge in [0.25, 0.3) is 0 Å². The third kappa shape index (κ3) is 4.51. The maximum absolute atomic E-state index is 12.0. The van der Waals surface area contributed by atoms with Crippen LogP contribution in [0.2, 0.25) is 0 Å². The number of carbonyl (C=O) groups is 2. The van der Waals surface area contributed by atoms with E-state index in [1.807, 2.05) is 27.9 Å². The van der Waals surface area contributed by atoms with Crippen molar-refractivity contribution in [2.45, 2.75) is 18.9 Å². The molecule has 12 heteroatoms. The van der Waals surface area contributed by atoms with Crippen molar-refractivity contribution in [1.29, 1.82) is 0 Å². The Morgan fingerprint density at radius 2 is 1.78 bits per heavy atom. The molecule has 0 bridgehead atoms. The van der Waals surface area contributed by atoms with E-state index in [-0.39, 0.29) is 12.1 Å². The van der Waals surface area contributed by atoms with E-state index in [1.54, 1.807) is 19.2 Å². The molecule has 0 unspecified atom stereocenters. The van der Waals surface area contributed by atoms with Gasteiger partial charge in [-0.05, 0) is 37.1 Å². The topological polar surface area (TPSA) is 129 Å². The third-order valence-corrected chi connectivity index (χ3v) is 6.86. The fraction of sp³-hybridized carbons (Fsp3) is 0.458. The molecular weight excluding hydrogens is 464 g/mol. The quantitative estimate of drug-likeness (QED) is 0.566. The molecule has 2 fully saturated rings. The first-order chi connectivity index (χ1) is 17.5. The predicted molar refractivity (Wildman–Crippen MR) is 135 cm³/mol. The molecule has 190 valence electrons. The van der Waals surface area contributed by atoms with E-state index < -0.39 is 6.09 Å². The molecule has 0 spiro atoms. The van der Waals surface area contributed by atoms with E-state index >= 15 is 0 Å². The molecule has 0 atom stereocenters. The second-order valence-corrected chi connectivity index (χ2v) is 8.96. The Balaban J connectivity index is 1.52. The van der Waals surface area contributed by atoms with Crippen molar-refractivity contribution in [3.8, 4) is 11.4 Å². The van der Waals surface area contributed by atoms with Crippen LogP contribution in [-0.4, -0.2) is 95.4 Å². The van der Waals surface area contributed by atoms with Gasteiger partial charge in [0.05, 0.1) is 30.8 Å². The number of carbonyl (C=O) groups excluding carboxylic acids is 1. The lowest BCUT2D eigenvalue weighted by Gasteiger charge is -2.32. The van der Waals surface area contributed by atoms with E-state index in [9.17, 15) is 14.7 Å². The summed E-state index contributed by atoms with van der Waals surface area (Å²) in [4.78, 5) is 38.3. The fourth-order valence-corrected chi connectivity index (χ4v) is 4.74. The zero-order valence-corrected chi connectivity index (χ0v) is 20.4. The first kappa shape index (κ1) is 23.8. The Morgan fingerprint density at radius 1 is 1.08 bits per heavy atom. The molecular formula is C24H30N8O4. The molecule has 12 nitrogen and oxygen atoms in total. The molecule has 2 saturated heterocycles. The van der Waals surface area contributed by atoms with Gasteiger partial charge in [0.1, 0.15) is 5.82 Å². The van der Waals surface area contributed by atoms with Gasteiger partial charge in [-0.3, -0.25) is 4.90 Å². The zero-order chi connectivity index (χ0) is 25.2. The summed E-state index contributed by atoms with van der Waals surface area (Å²) >= 11 is 0. The highest BCUT2D eigenvalue weighted by atomic mass is 16.5. The number of aromatic nitrogens is 4. The van der Waals surface area contributed by atoms with Gasteiger partial charge >= 0.3 is 12.1 Å². The van der Waals surface area contributed by atoms with Crippen molar-refractivity contribution in [1.82, 2.24) is 30.0 Å². The lowest BCUT2D eigenvalue weighted by molar-refractivity contribution is 0.122. The molecule has 2 N–H and O–H groups in total. The number of hydrogen-bond donors (Lipinski definition) is 2. The highest BCUT2D eigenvalue weighted by Gasteiger charge is 2.27. The van der Waals surface area contributed by atoms with Gasteiger partial charge in [-0.1, -0.05) is 0 Å². The third-order valence-electron chi connectivity index (χ3n) is 6.86. The summed E-state index contributed by atoms with van der Waals surface area (Å²) in [6, 6.07) is 7.22. The molecule has 3 aromatic rings. The van der Waals surface area contributed by atoms with Crippen LogP contribution < -0.4 is 15.1 Å². The first-order valence-electron chi connectivity index (χ1n) is 12.1. The number of likely N-dealkylation sites (tertiary alicyclic amines) is 1. The molecule has 36 heavy (non-hydrogen) atoms. The minimum Gasteiger partial charge on any atom is -0.465 e. The number of amides is 3. The van der Waals surface area contributed by atoms with Crippen molar-refractivity contribution < 1.29 is 19.4 Å². The predicted octanol–water partition coefficient (Wildman–Crippen LogP) is 2.42. The van der Waals surface area contributed by atoms with Crippen LogP contribution >= 0.6 is 0 Å². The lowest BCUT2D eigenvalue weighted by atomic mass is 10.1. The first-order valence-corrected chi connectivity index (χ1v) is 12.1. The minimum atomic E-state index is -1.03. The summed E-state index contributed by atoms with van der Waals surface area (Å²) in [5.74, 6) is 1.37. The van der Waals surface area contributed by atoms with E-state index in [0.29, 0.717) is 37.8 Å². The normalized spacial score (nSPS) is 16.8. The highest BCUT2D eigenvalue weighted by molar-refractivity contribution is 5.89. The summed E-state index contributed by atoms with van der Waals surface area (Å²) in [5, 5.41) is 17.6. The van der Waals surface area contributed by atoms with E-state index in [0.717, 1.165) is 53.2 Å². The van der Waals surface area contributed by atoms with Crippen LogP contribution in [-0.2, 0) is 4.74 Å². The van der Waals surface area contributed by atoms with E-state index in [4.69, 9.17) is 19.8 Å². The summed E-state index contributed by atoms with van der Waals surface area (Å²) in [6.45, 7) is 4.01. The molecule has 3 amide bonds. The number of ether oxygens (including phenoxy) is 1. The SMILES string of the molecule is CNC(=O)N1CCC(n2ncc3c(N4CCOCC4)nc(-c4ccc(N(C)C(=O)O)cc4)nc32)CC1. The van der Waals surface area contributed by atoms with Crippen molar-refractivity contribution >= 4 is 34.7 Å². The van der Waals surface area contributed by atoms with Crippen molar-refractivity contribution in [3.63, 3.8) is 0 Å². The van der Waals surface area contributed by atoms with Crippen LogP contribution in [0.3, 0.4) is 0 Å². The summed E-state index contributed by atoms with van der Waals surface area (Å²) < 4.78 is 7.52. The highest BCUT2D eigenvalue weighted by Crippen LogP contribution is 2.32. The zero-order valence-electron chi connectivity index (χ0n) is 20.4. The van der Waals surface area contributed by atoms with Crippen LogP contribution in [0.5, 0.6) is 0 Å². The van der Waals surface area contributed by atoms with Gasteiger partial charge < -0.3 is 25.0 Å². The average Bonchev–Trinajstić information content (AvgIpc) is 3.36. The maximum Gasteiger partial charge on any atom is 0.411 e. The van der Waals surface area contributed by atoms with Crippen LogP contribution in [0.15, 0.2) is 30.5 Å². The van der Waals surface area contributed by atoms with Crippen molar-refractivity contribution in [2.24, 2.45) is 0 Å². The number of piperidine rings is 1. The van der Waals surface area contributed by atoms with E-state index in [1.165, 1.54) is 7.05 Å². The Bertz CT molecular complexity index is 1250. The van der Waals surface area contributed by atoms with Gasteiger partial charge in [0.15, 0.2) is 11.5 Å². The molecule has 0 aliphatic carbocycles. The number of rotatable bonds is 4. The molecule has 2 aliphatic heterocycles. The number of benzene rings is 1. The van der Waals surface area contributed by atoms with Crippen LogP contribution in [0, 0.1) is 0 Å². The molecule has 0 radical (unpaired) electrons. The van der Waals surface area contributed by atoms with Crippen molar-refractivity contribution in [3.05, 3.63) is 30.5 Å². The second kappa shape index (κ2) is 9.97. The number of nitrogens with zero attached hydrogens (tertiary/aromatic N) is 7. The van der Waals surface area contributed by atoms with Gasteiger partial charge in [0, 0.05) is 51.5 Å². The number of urea groups is 1. The summed E-state index contributed by atoms with van der Waals surface area (Å²) in [6.07, 6.45) is 2.38. The Labute approximate surface area is 208 Å². The Kier molecular flexibility index (Phi) is 6.59. The second-order valence-electron chi connectivity index (χ2n) is 8.96. The van der Waals surface area contributed by atoms with Gasteiger partial charge in [-0.25, -0.2) is 24.2 Å². The Morgan fingerprint density at radius 3 is 2.42 bits per heavy atom. The molecule has 5 rings (SSSR count). The number of carboxylic acid groups (broad SMARTS) is 1. The fourth-order valence-electron chi connectivity index (χ4n) is 4.74. The molecule has 0 saturated carbocycles. The largest absolute Gasteiger partial charge is 0.465 e. The smallest absolute Gasteiger partial charge is 0.411 e. The number of nitrogens with one attached hydrogen (secondary N) is 1. The Hall–Kier alpha value is -3.93. The molecule has 2 aliphatic rings. The van der Waals surface area contributed by atoms with Crippen LogP contribution in [0.1, 0.15) is 18.9 Å². The lowest BCUT2D eigenvalue weighted by Crippen LogP contribution is -2.43. The summed E-state index contributed by atoms with van der Waals surface area (Å²) in [5.41, 5.74) is 2.11. The number of anilines is 2. The van der Waals surface area contributed by atoms with Gasteiger partial charge in [0.2, 0.25) is 0 Å². The average molecular weight is 495 g/mol. The van der Waals surface area contributed by atoms with Crippen molar-refractivity contribution in [2.75, 3.05) is 63.3 Å². The van der Waals surface area contributed by atoms with Crippen LogP contribution in [0.25, 0.3) is 22.4 Å². The number of morpholine rings is 1. The van der Waals surface area contributed by atoms with Gasteiger partial charge in [-0.2, -0.15) is 5.10 Å². The standard InChI is InChI=1S/C24H30N8O4/c1-25-23(33)31-9-7-18(8-10-31)32-22-19(15-26-32)21(30-11-13-36-14-12-30)27-20(28-22)16-3-5-17(6-4-16)29(2)24(34)35/h3-6,15,18H,7-14H2,1-2H3,(H,25,33)(H,34,35). The number of fused-ring (bicyclic) bond motifs is 1. The van der Waals surface area contributed by atoms with Crippen LogP contribution in [0.4, 0.5) is 21.1 Å². The molecule has 1 aromatic carbocycles. The number of hydrogen-bond acceptors (Lipinski definition) is 7. The molecule has 2 aromatic heterocycles. The monoisotopic (exact) mass is 494 g/mol. The summed E-state index contributed by atoms with van der Waals surface area (Å²) in [7, 11) is 3.15.